The Bertz CT molecular complexity index is 842. The van der Waals surface area contributed by atoms with E-state index in [1.54, 1.807) is 20.4 Å². The molecule has 0 aliphatic heterocycles. The van der Waals surface area contributed by atoms with Crippen LogP contribution in [0.15, 0.2) is 12.4 Å². The van der Waals surface area contributed by atoms with E-state index < -0.39 is 0 Å². The molecular weight excluding hydrogens is 418 g/mol. The first kappa shape index (κ1) is 27.3. The van der Waals surface area contributed by atoms with Crippen LogP contribution in [0.5, 0.6) is 0 Å². The van der Waals surface area contributed by atoms with Gasteiger partial charge in [-0.1, -0.05) is 41.5 Å². The molecule has 0 radical (unpaired) electrons. The van der Waals surface area contributed by atoms with Crippen LogP contribution in [0.25, 0.3) is 0 Å². The number of hydrogen-bond donors (Lipinski definition) is 0. The van der Waals surface area contributed by atoms with E-state index in [1.807, 2.05) is 10.9 Å². The molecule has 4 aliphatic rings. The largest absolute Gasteiger partial charge is 0.388 e. The maximum absolute atomic E-state index is 9.11. The predicted molar refractivity (Wildman–Crippen MR) is 140 cm³/mol. The van der Waals surface area contributed by atoms with Gasteiger partial charge in [0, 0.05) is 27.0 Å². The molecule has 5 rings (SSSR count). The summed E-state index contributed by atoms with van der Waals surface area (Å²) < 4.78 is 6.26. The van der Waals surface area contributed by atoms with E-state index in [0.29, 0.717) is 22.3 Å². The van der Waals surface area contributed by atoms with Gasteiger partial charge in [0.15, 0.2) is 0 Å². The highest BCUT2D eigenvalue weighted by Gasteiger charge is 2.59. The van der Waals surface area contributed by atoms with Gasteiger partial charge in [0.1, 0.15) is 6.07 Å². The van der Waals surface area contributed by atoms with Crippen molar-refractivity contribution in [3.63, 3.8) is 0 Å². The number of fused-ring (bicyclic) bond motifs is 5. The summed E-state index contributed by atoms with van der Waals surface area (Å²) in [7, 11) is 3.25. The van der Waals surface area contributed by atoms with E-state index in [9.17, 15) is 0 Å². The average molecular weight is 470 g/mol. The third kappa shape index (κ3) is 4.84. The van der Waals surface area contributed by atoms with Gasteiger partial charge in [-0.2, -0.15) is 10.4 Å². The molecule has 4 nitrogen and oxygen atoms in total. The average Bonchev–Trinajstić information content (AvgIpc) is 3.37. The maximum Gasteiger partial charge on any atom is 0.102 e. The molecule has 0 N–H and O–H groups in total. The van der Waals surface area contributed by atoms with Crippen LogP contribution >= 0.6 is 0 Å². The molecule has 1 aromatic rings. The molecule has 34 heavy (non-hydrogen) atoms. The number of ether oxygens (including phenoxy) is 1. The summed E-state index contributed by atoms with van der Waals surface area (Å²) in [6.07, 6.45) is 16.9. The van der Waals surface area contributed by atoms with Crippen LogP contribution < -0.4 is 0 Å². The fraction of sp³-hybridized carbons (Fsp3) is 0.867. The van der Waals surface area contributed by atoms with Crippen molar-refractivity contribution in [1.82, 2.24) is 9.78 Å². The number of nitriles is 1. The van der Waals surface area contributed by atoms with Gasteiger partial charge >= 0.3 is 0 Å². The summed E-state index contributed by atoms with van der Waals surface area (Å²) in [5, 5.41) is 13.6. The molecule has 0 aromatic carbocycles. The van der Waals surface area contributed by atoms with Crippen LogP contribution in [0, 0.1) is 63.6 Å². The van der Waals surface area contributed by atoms with Gasteiger partial charge in [-0.3, -0.25) is 4.68 Å². The second kappa shape index (κ2) is 10.7. The Kier molecular flexibility index (Phi) is 8.60. The van der Waals surface area contributed by atoms with Crippen molar-refractivity contribution in [3.05, 3.63) is 18.0 Å². The van der Waals surface area contributed by atoms with Gasteiger partial charge in [0.25, 0.3) is 0 Å². The molecule has 1 aromatic heterocycles. The van der Waals surface area contributed by atoms with E-state index in [4.69, 9.17) is 5.26 Å². The number of methoxy groups -OCH3 is 1. The Labute approximate surface area is 209 Å². The van der Waals surface area contributed by atoms with Crippen molar-refractivity contribution in [2.75, 3.05) is 14.2 Å². The molecule has 4 saturated carbocycles. The molecule has 0 amide bonds. The quantitative estimate of drug-likeness (QED) is 0.458. The monoisotopic (exact) mass is 469 g/mol. The topological polar surface area (TPSA) is 50.8 Å². The summed E-state index contributed by atoms with van der Waals surface area (Å²) in [4.78, 5) is 0. The molecule has 4 aliphatic carbocycles. The number of aromatic nitrogens is 2. The Morgan fingerprint density at radius 2 is 1.74 bits per heavy atom. The molecular formula is C30H51N3O. The first-order valence-corrected chi connectivity index (χ1v) is 13.6. The molecule has 0 bridgehead atoms. The Balaban J connectivity index is 0.000000771. The second-order valence-corrected chi connectivity index (χ2v) is 12.8. The lowest BCUT2D eigenvalue weighted by Gasteiger charge is -2.60. The first-order chi connectivity index (χ1) is 15.8. The normalized spacial score (nSPS) is 41.4. The molecule has 4 heteroatoms. The van der Waals surface area contributed by atoms with Crippen LogP contribution in [0.3, 0.4) is 0 Å². The van der Waals surface area contributed by atoms with Crippen molar-refractivity contribution >= 4 is 0 Å². The van der Waals surface area contributed by atoms with Gasteiger partial charge in [-0.15, -0.1) is 0 Å². The van der Waals surface area contributed by atoms with Crippen molar-refractivity contribution in [2.24, 2.45) is 52.3 Å². The first-order valence-electron chi connectivity index (χ1n) is 13.6. The SMILES string of the molecule is C.CC1CCC2C3CCC4(C)C(C(C)Cn5cc(C#N)cn5)CCC4C3CCC2(C)C1.COC. The molecule has 4 fully saturated rings. The van der Waals surface area contributed by atoms with Crippen molar-refractivity contribution in [1.29, 1.82) is 5.26 Å². The highest BCUT2D eigenvalue weighted by molar-refractivity contribution is 5.21. The minimum Gasteiger partial charge on any atom is -0.388 e. The zero-order valence-corrected chi connectivity index (χ0v) is 22.0. The minimum atomic E-state index is 0. The van der Waals surface area contributed by atoms with E-state index in [1.165, 1.54) is 57.8 Å². The zero-order chi connectivity index (χ0) is 23.8. The minimum absolute atomic E-state index is 0. The summed E-state index contributed by atoms with van der Waals surface area (Å²) in [5.74, 6) is 6.32. The van der Waals surface area contributed by atoms with Crippen molar-refractivity contribution < 1.29 is 4.74 Å². The van der Waals surface area contributed by atoms with E-state index in [2.05, 4.69) is 43.6 Å². The molecule has 1 heterocycles. The highest BCUT2D eigenvalue weighted by Crippen LogP contribution is 2.67. The summed E-state index contributed by atoms with van der Waals surface area (Å²) in [6.45, 7) is 11.2. The Hall–Kier alpha value is -1.34. The van der Waals surface area contributed by atoms with Crippen LogP contribution in [-0.4, -0.2) is 24.0 Å². The highest BCUT2D eigenvalue weighted by atomic mass is 16.4. The second-order valence-electron chi connectivity index (χ2n) is 12.8. The summed E-state index contributed by atoms with van der Waals surface area (Å²) in [5.41, 5.74) is 1.84. The van der Waals surface area contributed by atoms with E-state index >= 15 is 0 Å². The summed E-state index contributed by atoms with van der Waals surface area (Å²) in [6, 6.07) is 2.22. The molecule has 0 saturated heterocycles. The van der Waals surface area contributed by atoms with Gasteiger partial charge in [-0.05, 0) is 104 Å². The standard InChI is InChI=1S/C27H41N3.C2H6O.CH4/c1-18-5-6-24-21-10-12-27(4)23(19(2)16-30-17-20(14-28)15-29-30)7-8-25(27)22(21)9-11-26(24,3)13-18;1-3-2;/h15,17-19,21-25H,5-13,16H2,1-4H3;1-2H3;1H4. The molecule has 192 valence electrons. The van der Waals surface area contributed by atoms with Crippen molar-refractivity contribution in [3.8, 4) is 6.07 Å². The van der Waals surface area contributed by atoms with E-state index in [0.717, 1.165) is 42.1 Å². The zero-order valence-electron chi connectivity index (χ0n) is 22.0. The van der Waals surface area contributed by atoms with Crippen LogP contribution in [0.2, 0.25) is 0 Å². The lowest BCUT2D eigenvalue weighted by Crippen LogP contribution is -2.52. The maximum atomic E-state index is 9.11. The van der Waals surface area contributed by atoms with Gasteiger partial charge in [-0.25, -0.2) is 0 Å². The van der Waals surface area contributed by atoms with Gasteiger partial charge < -0.3 is 4.74 Å². The van der Waals surface area contributed by atoms with E-state index in [-0.39, 0.29) is 7.43 Å². The third-order valence-electron chi connectivity index (χ3n) is 10.7. The van der Waals surface area contributed by atoms with Gasteiger partial charge in [0.05, 0.1) is 11.8 Å². The number of rotatable bonds is 3. The Morgan fingerprint density at radius 1 is 1.09 bits per heavy atom. The third-order valence-corrected chi connectivity index (χ3v) is 10.7. The molecule has 9 unspecified atom stereocenters. The fourth-order valence-electron chi connectivity index (χ4n) is 9.53. The Morgan fingerprint density at radius 3 is 2.41 bits per heavy atom. The predicted octanol–water partition coefficient (Wildman–Crippen LogP) is 7.58. The van der Waals surface area contributed by atoms with Crippen LogP contribution in [-0.2, 0) is 11.3 Å². The number of hydrogen-bond acceptors (Lipinski definition) is 3. The van der Waals surface area contributed by atoms with Gasteiger partial charge in [0.2, 0.25) is 0 Å². The molecule has 9 atom stereocenters. The fourth-order valence-corrected chi connectivity index (χ4v) is 9.53. The van der Waals surface area contributed by atoms with Crippen LogP contribution in [0.4, 0.5) is 0 Å². The number of nitrogens with zero attached hydrogens (tertiary/aromatic N) is 3. The summed E-state index contributed by atoms with van der Waals surface area (Å²) >= 11 is 0. The van der Waals surface area contributed by atoms with Crippen molar-refractivity contribution in [2.45, 2.75) is 99.5 Å². The van der Waals surface area contributed by atoms with Crippen LogP contribution in [0.1, 0.15) is 98.5 Å². The lowest BCUT2D eigenvalue weighted by atomic mass is 9.45. The molecule has 0 spiro atoms. The smallest absolute Gasteiger partial charge is 0.102 e. The lowest BCUT2D eigenvalue weighted by molar-refractivity contribution is -0.106.